The van der Waals surface area contributed by atoms with Gasteiger partial charge in [0.05, 0.1) is 5.92 Å². The smallest absolute Gasteiger partial charge is 0.309 e. The molecule has 2 aliphatic carbocycles. The lowest BCUT2D eigenvalue weighted by molar-refractivity contribution is -0.162. The molecule has 0 heterocycles. The Morgan fingerprint density at radius 2 is 1.77 bits per heavy atom. The van der Waals surface area contributed by atoms with Crippen LogP contribution in [-0.4, -0.2) is 23.8 Å². The maximum Gasteiger partial charge on any atom is 0.309 e. The van der Waals surface area contributed by atoms with Crippen LogP contribution in [-0.2, 0) is 25.7 Å². The van der Waals surface area contributed by atoms with E-state index in [0.717, 1.165) is 30.4 Å². The number of hydrogen-bond donors (Lipinski definition) is 1. The summed E-state index contributed by atoms with van der Waals surface area (Å²) >= 11 is 0. The van der Waals surface area contributed by atoms with E-state index in [2.05, 4.69) is 5.32 Å². The van der Waals surface area contributed by atoms with E-state index in [1.807, 2.05) is 31.2 Å². The number of hydrogen-bond acceptors (Lipinski definition) is 4. The van der Waals surface area contributed by atoms with E-state index in [4.69, 9.17) is 4.74 Å². The number of esters is 1. The molecule has 1 amide bonds. The van der Waals surface area contributed by atoms with Crippen molar-refractivity contribution in [2.45, 2.75) is 58.6 Å². The Morgan fingerprint density at radius 1 is 1.15 bits per heavy atom. The number of benzene rings is 1. The summed E-state index contributed by atoms with van der Waals surface area (Å²) in [5.74, 6) is -0.561. The maximum atomic E-state index is 12.4. The molecule has 0 spiro atoms. The molecule has 26 heavy (non-hydrogen) atoms. The van der Waals surface area contributed by atoms with E-state index in [1.165, 1.54) is 0 Å². The highest BCUT2D eigenvalue weighted by molar-refractivity contribution is 5.88. The number of ketones is 1. The lowest BCUT2D eigenvalue weighted by Crippen LogP contribution is -2.42. The Kier molecular flexibility index (Phi) is 5.74. The number of ether oxygens (including phenoxy) is 1. The van der Waals surface area contributed by atoms with Crippen molar-refractivity contribution in [1.29, 1.82) is 0 Å². The molecule has 2 aliphatic rings. The average Bonchev–Trinajstić information content (AvgIpc) is 2.60. The van der Waals surface area contributed by atoms with E-state index in [-0.39, 0.29) is 29.6 Å². The third kappa shape index (κ3) is 4.32. The Morgan fingerprint density at radius 3 is 2.38 bits per heavy atom. The third-order valence-electron chi connectivity index (χ3n) is 5.63. The summed E-state index contributed by atoms with van der Waals surface area (Å²) in [5.41, 5.74) is 2.17. The van der Waals surface area contributed by atoms with Crippen molar-refractivity contribution in [2.75, 3.05) is 0 Å². The van der Waals surface area contributed by atoms with Crippen LogP contribution < -0.4 is 5.32 Å². The first-order valence-corrected chi connectivity index (χ1v) is 9.51. The number of carbonyl (C=O) groups excluding carboxylic acids is 3. The number of fused-ring (bicyclic) bond motifs is 2. The summed E-state index contributed by atoms with van der Waals surface area (Å²) in [6.07, 6.45) is 3.15. The molecule has 5 heteroatoms. The molecule has 0 saturated heterocycles. The van der Waals surface area contributed by atoms with Gasteiger partial charge in [0.1, 0.15) is 5.78 Å². The van der Waals surface area contributed by atoms with Gasteiger partial charge >= 0.3 is 5.97 Å². The van der Waals surface area contributed by atoms with Gasteiger partial charge in [0.25, 0.3) is 5.91 Å². The van der Waals surface area contributed by atoms with Crippen molar-refractivity contribution < 1.29 is 19.1 Å². The lowest BCUT2D eigenvalue weighted by Gasteiger charge is -2.36. The molecular formula is C21H27NO4. The summed E-state index contributed by atoms with van der Waals surface area (Å²) < 4.78 is 5.40. The molecule has 1 aromatic rings. The Bertz CT molecular complexity index is 666. The second kappa shape index (κ2) is 8.02. The normalized spacial score (nSPS) is 26.1. The topological polar surface area (TPSA) is 72.5 Å². The minimum absolute atomic E-state index is 0.00530. The number of amides is 1. The first-order valence-electron chi connectivity index (χ1n) is 9.51. The summed E-state index contributed by atoms with van der Waals surface area (Å²) in [6.45, 7) is 4.01. The van der Waals surface area contributed by atoms with Gasteiger partial charge in [0.15, 0.2) is 6.10 Å². The molecule has 140 valence electrons. The van der Waals surface area contributed by atoms with Crippen molar-refractivity contribution in [3.8, 4) is 0 Å². The zero-order valence-corrected chi connectivity index (χ0v) is 15.5. The minimum Gasteiger partial charge on any atom is -0.452 e. The van der Waals surface area contributed by atoms with Crippen LogP contribution in [0.3, 0.4) is 0 Å². The zero-order valence-electron chi connectivity index (χ0n) is 15.5. The van der Waals surface area contributed by atoms with Gasteiger partial charge in [-0.05, 0) is 45.1 Å². The van der Waals surface area contributed by atoms with E-state index in [9.17, 15) is 14.4 Å². The fourth-order valence-corrected chi connectivity index (χ4v) is 4.03. The molecule has 4 atom stereocenters. The fourth-order valence-electron chi connectivity index (χ4n) is 4.03. The molecule has 0 radical (unpaired) electrons. The van der Waals surface area contributed by atoms with Crippen LogP contribution in [0, 0.1) is 24.7 Å². The van der Waals surface area contributed by atoms with Gasteiger partial charge in [-0.25, -0.2) is 0 Å². The van der Waals surface area contributed by atoms with Crippen molar-refractivity contribution in [2.24, 2.45) is 17.8 Å². The molecule has 1 unspecified atom stereocenters. The Balaban J connectivity index is 1.48. The van der Waals surface area contributed by atoms with Gasteiger partial charge in [-0.3, -0.25) is 14.4 Å². The van der Waals surface area contributed by atoms with E-state index in [0.29, 0.717) is 25.2 Å². The summed E-state index contributed by atoms with van der Waals surface area (Å²) in [7, 11) is 0. The van der Waals surface area contributed by atoms with Gasteiger partial charge in [0.2, 0.25) is 0 Å². The summed E-state index contributed by atoms with van der Waals surface area (Å²) in [5, 5.41) is 2.80. The molecule has 1 N–H and O–H groups in total. The molecule has 1 aromatic carbocycles. The quantitative estimate of drug-likeness (QED) is 0.823. The van der Waals surface area contributed by atoms with Crippen LogP contribution in [0.15, 0.2) is 24.3 Å². The monoisotopic (exact) mass is 357 g/mol. The molecule has 2 fully saturated rings. The minimum atomic E-state index is -0.828. The highest BCUT2D eigenvalue weighted by atomic mass is 16.5. The van der Waals surface area contributed by atoms with Crippen LogP contribution >= 0.6 is 0 Å². The van der Waals surface area contributed by atoms with Crippen molar-refractivity contribution in [1.82, 2.24) is 5.32 Å². The first kappa shape index (κ1) is 18.6. The van der Waals surface area contributed by atoms with Crippen LogP contribution in [0.5, 0.6) is 0 Å². The molecular weight excluding hydrogens is 330 g/mol. The summed E-state index contributed by atoms with van der Waals surface area (Å²) in [6, 6.07) is 7.91. The lowest BCUT2D eigenvalue weighted by atomic mass is 9.67. The van der Waals surface area contributed by atoms with Gasteiger partial charge < -0.3 is 10.1 Å². The van der Waals surface area contributed by atoms with Crippen molar-refractivity contribution >= 4 is 17.7 Å². The number of Topliss-reactive ketones (excluding diaryl/α,β-unsaturated/α-hetero) is 1. The van der Waals surface area contributed by atoms with Gasteiger partial charge in [-0.1, -0.05) is 36.2 Å². The van der Waals surface area contributed by atoms with E-state index >= 15 is 0 Å². The number of aryl methyl sites for hydroxylation is 1. The van der Waals surface area contributed by atoms with Crippen molar-refractivity contribution in [3.05, 3.63) is 35.4 Å². The van der Waals surface area contributed by atoms with Crippen LogP contribution in [0.4, 0.5) is 0 Å². The molecule has 5 nitrogen and oxygen atoms in total. The molecule has 3 rings (SSSR count). The summed E-state index contributed by atoms with van der Waals surface area (Å²) in [4.78, 5) is 36.8. The Labute approximate surface area is 154 Å². The second-order valence-corrected chi connectivity index (χ2v) is 7.68. The van der Waals surface area contributed by atoms with Crippen LogP contribution in [0.2, 0.25) is 0 Å². The van der Waals surface area contributed by atoms with E-state index in [1.54, 1.807) is 6.92 Å². The van der Waals surface area contributed by atoms with Gasteiger partial charge in [0, 0.05) is 18.4 Å². The predicted octanol–water partition coefficient (Wildman–Crippen LogP) is 2.94. The molecule has 0 aromatic heterocycles. The van der Waals surface area contributed by atoms with Gasteiger partial charge in [-0.2, -0.15) is 0 Å². The number of carbonyl (C=O) groups is 3. The Hall–Kier alpha value is -2.17. The molecule has 0 aliphatic heterocycles. The van der Waals surface area contributed by atoms with Crippen LogP contribution in [0.25, 0.3) is 0 Å². The highest BCUT2D eigenvalue weighted by Gasteiger charge is 2.42. The first-order chi connectivity index (χ1) is 12.4. The zero-order chi connectivity index (χ0) is 18.7. The maximum absolute atomic E-state index is 12.4. The molecule has 2 bridgehead atoms. The number of rotatable bonds is 5. The average molecular weight is 357 g/mol. The van der Waals surface area contributed by atoms with E-state index < -0.39 is 6.10 Å². The second-order valence-electron chi connectivity index (χ2n) is 7.68. The standard InChI is InChI=1S/C21H27NO4/c1-13-6-8-15(9-7-13)12-22-20(24)14(2)26-21(25)18-10-16-4-3-5-17(11-18)19(16)23/h6-9,14,16-18H,3-5,10-12H2,1-2H3,(H,22,24)/t14-,16-,17+,18?/m1/s1. The van der Waals surface area contributed by atoms with Crippen LogP contribution in [0.1, 0.15) is 50.2 Å². The van der Waals surface area contributed by atoms with Gasteiger partial charge in [-0.15, -0.1) is 0 Å². The fraction of sp³-hybridized carbons (Fsp3) is 0.571. The predicted molar refractivity (Wildman–Crippen MR) is 97.1 cm³/mol. The highest BCUT2D eigenvalue weighted by Crippen LogP contribution is 2.40. The molecule has 2 saturated carbocycles. The SMILES string of the molecule is Cc1ccc(CNC(=O)[C@@H](C)OC(=O)C2C[C@H]3CCC[C@@H](C2)C3=O)cc1. The third-order valence-corrected chi connectivity index (χ3v) is 5.63. The van der Waals surface area contributed by atoms with Crippen molar-refractivity contribution in [3.63, 3.8) is 0 Å². The number of nitrogens with one attached hydrogen (secondary N) is 1. The largest absolute Gasteiger partial charge is 0.452 e.